The zero-order valence-electron chi connectivity index (χ0n) is 3.26. The molecule has 0 saturated heterocycles. The number of hydrogen-bond donors (Lipinski definition) is 1. The number of aliphatic hydroxyl groups excluding tert-OH is 1. The van der Waals surface area contributed by atoms with E-state index in [-0.39, 0.29) is 42.8 Å². The average Bonchev–Trinajstić information content (AvgIpc) is 1.61. The normalized spacial score (nSPS) is 6.43. The van der Waals surface area contributed by atoms with Gasteiger partial charge in [0.2, 0.25) is 0 Å². The third-order valence-electron chi connectivity index (χ3n) is 0.277. The van der Waals surface area contributed by atoms with Crippen molar-refractivity contribution in [3.8, 4) is 0 Å². The van der Waals surface area contributed by atoms with Crippen LogP contribution in [-0.2, 0) is 9.53 Å². The first kappa shape index (κ1) is 10.4. The summed E-state index contributed by atoms with van der Waals surface area (Å²) in [6.07, 6.45) is 0. The Kier molecular flexibility index (Phi) is 14.4. The summed E-state index contributed by atoms with van der Waals surface area (Å²) in [4.78, 5) is 9.23. The minimum absolute atomic E-state index is 0. The number of hydrogen-bond acceptors (Lipinski definition) is 3. The van der Waals surface area contributed by atoms with Gasteiger partial charge in [0.1, 0.15) is 6.61 Å². The van der Waals surface area contributed by atoms with Crippen molar-refractivity contribution in [1.82, 2.24) is 0 Å². The van der Waals surface area contributed by atoms with Gasteiger partial charge in [-0.2, -0.15) is 0 Å². The van der Waals surface area contributed by atoms with Crippen molar-refractivity contribution in [3.05, 3.63) is 0 Å². The van der Waals surface area contributed by atoms with E-state index in [0.717, 1.165) is 0 Å². The number of ether oxygens (including phenoxy) is 1. The molecule has 0 spiro atoms. The maximum atomic E-state index is 9.23. The van der Waals surface area contributed by atoms with E-state index in [4.69, 9.17) is 5.11 Å². The molecule has 0 aliphatic heterocycles. The van der Waals surface area contributed by atoms with E-state index in [1.165, 1.54) is 0 Å². The molecule has 0 aromatic carbocycles. The van der Waals surface area contributed by atoms with Gasteiger partial charge in [-0.15, -0.1) is 0 Å². The Morgan fingerprint density at radius 3 is 2.43 bits per heavy atom. The van der Waals surface area contributed by atoms with Crippen LogP contribution in [-0.4, -0.2) is 54.3 Å². The molecule has 0 aliphatic carbocycles. The SMILES string of the molecule is O=COCCO.[NaH]. The quantitative estimate of drug-likeness (QED) is 0.276. The zero-order chi connectivity index (χ0) is 4.83. The molecule has 0 aromatic rings. The van der Waals surface area contributed by atoms with Gasteiger partial charge in [0.15, 0.2) is 0 Å². The molecule has 0 heterocycles. The van der Waals surface area contributed by atoms with Crippen LogP contribution in [0.25, 0.3) is 0 Å². The van der Waals surface area contributed by atoms with Gasteiger partial charge in [-0.25, -0.2) is 0 Å². The van der Waals surface area contributed by atoms with Crippen molar-refractivity contribution in [2.45, 2.75) is 0 Å². The summed E-state index contributed by atoms with van der Waals surface area (Å²) in [5.41, 5.74) is 0. The van der Waals surface area contributed by atoms with Gasteiger partial charge in [-0.05, 0) is 0 Å². The summed E-state index contributed by atoms with van der Waals surface area (Å²) < 4.78 is 4.05. The first-order valence-electron chi connectivity index (χ1n) is 1.58. The zero-order valence-corrected chi connectivity index (χ0v) is 3.26. The first-order chi connectivity index (χ1) is 2.91. The van der Waals surface area contributed by atoms with Crippen molar-refractivity contribution in [2.75, 3.05) is 13.2 Å². The number of rotatable bonds is 3. The summed E-state index contributed by atoms with van der Waals surface area (Å²) in [5.74, 6) is 0. The molecule has 38 valence electrons. The molecule has 4 heteroatoms. The van der Waals surface area contributed by atoms with Crippen LogP contribution in [0.4, 0.5) is 0 Å². The van der Waals surface area contributed by atoms with Crippen LogP contribution in [0.5, 0.6) is 0 Å². The standard InChI is InChI=1S/C3H6O3.Na.H/c4-1-2-6-3-5;;/h3-4H,1-2H2;;. The second-order valence-electron chi connectivity index (χ2n) is 0.691. The van der Waals surface area contributed by atoms with Crippen molar-refractivity contribution < 1.29 is 14.6 Å². The Morgan fingerprint density at radius 1 is 1.71 bits per heavy atom. The predicted molar refractivity (Wildman–Crippen MR) is 26.3 cm³/mol. The first-order valence-corrected chi connectivity index (χ1v) is 1.58. The van der Waals surface area contributed by atoms with E-state index in [1.54, 1.807) is 0 Å². The minimum atomic E-state index is -0.0985. The molecule has 0 saturated carbocycles. The van der Waals surface area contributed by atoms with Gasteiger partial charge in [0, 0.05) is 0 Å². The fourth-order valence-electron chi connectivity index (χ4n) is 0.101. The number of aliphatic hydroxyl groups is 1. The Morgan fingerprint density at radius 2 is 2.29 bits per heavy atom. The second kappa shape index (κ2) is 9.66. The van der Waals surface area contributed by atoms with Crippen molar-refractivity contribution >= 4 is 36.0 Å². The van der Waals surface area contributed by atoms with Crippen molar-refractivity contribution in [1.29, 1.82) is 0 Å². The molecule has 7 heavy (non-hydrogen) atoms. The topological polar surface area (TPSA) is 46.5 Å². The Balaban J connectivity index is 0. The van der Waals surface area contributed by atoms with Gasteiger partial charge in [0.25, 0.3) is 6.47 Å². The van der Waals surface area contributed by atoms with E-state index >= 15 is 0 Å². The molecule has 0 radical (unpaired) electrons. The molecule has 0 fully saturated rings. The molecule has 0 aromatic heterocycles. The van der Waals surface area contributed by atoms with Gasteiger partial charge >= 0.3 is 29.6 Å². The number of carbonyl (C=O) groups is 1. The summed E-state index contributed by atoms with van der Waals surface area (Å²) in [5, 5.41) is 7.91. The van der Waals surface area contributed by atoms with Crippen LogP contribution in [0.2, 0.25) is 0 Å². The van der Waals surface area contributed by atoms with Crippen LogP contribution in [0.15, 0.2) is 0 Å². The Labute approximate surface area is 64.0 Å². The second-order valence-corrected chi connectivity index (χ2v) is 0.691. The van der Waals surface area contributed by atoms with Gasteiger partial charge < -0.3 is 9.84 Å². The van der Waals surface area contributed by atoms with Gasteiger partial charge in [-0.1, -0.05) is 0 Å². The molecule has 0 unspecified atom stereocenters. The maximum absolute atomic E-state index is 9.23. The van der Waals surface area contributed by atoms with E-state index in [2.05, 4.69) is 4.74 Å². The predicted octanol–water partition coefficient (Wildman–Crippen LogP) is -1.50. The van der Waals surface area contributed by atoms with Crippen LogP contribution in [0.3, 0.4) is 0 Å². The van der Waals surface area contributed by atoms with Crippen molar-refractivity contribution in [3.63, 3.8) is 0 Å². The fraction of sp³-hybridized carbons (Fsp3) is 0.667. The third-order valence-corrected chi connectivity index (χ3v) is 0.277. The average molecular weight is 114 g/mol. The summed E-state index contributed by atoms with van der Waals surface area (Å²) in [6.45, 7) is 0.304. The Bertz CT molecular complexity index is 39.2. The molecule has 3 nitrogen and oxygen atoms in total. The van der Waals surface area contributed by atoms with Gasteiger partial charge in [0.05, 0.1) is 6.61 Å². The summed E-state index contributed by atoms with van der Waals surface area (Å²) in [6, 6.07) is 0. The molecule has 0 aliphatic rings. The van der Waals surface area contributed by atoms with E-state index < -0.39 is 0 Å². The fourth-order valence-corrected chi connectivity index (χ4v) is 0.101. The molecule has 0 atom stereocenters. The Hall–Kier alpha value is 0.430. The van der Waals surface area contributed by atoms with Crippen LogP contribution in [0, 0.1) is 0 Å². The molecular weight excluding hydrogens is 107 g/mol. The monoisotopic (exact) mass is 114 g/mol. The molecular formula is C3H7NaO3. The molecule has 0 rings (SSSR count). The van der Waals surface area contributed by atoms with Crippen LogP contribution < -0.4 is 0 Å². The van der Waals surface area contributed by atoms with E-state index in [9.17, 15) is 4.79 Å². The van der Waals surface area contributed by atoms with Crippen LogP contribution in [0.1, 0.15) is 0 Å². The van der Waals surface area contributed by atoms with Gasteiger partial charge in [-0.3, -0.25) is 4.79 Å². The molecule has 1 N–H and O–H groups in total. The summed E-state index contributed by atoms with van der Waals surface area (Å²) >= 11 is 0. The van der Waals surface area contributed by atoms with Crippen LogP contribution >= 0.6 is 0 Å². The number of carbonyl (C=O) groups excluding carboxylic acids is 1. The summed E-state index contributed by atoms with van der Waals surface area (Å²) in [7, 11) is 0. The molecule has 0 bridgehead atoms. The van der Waals surface area contributed by atoms with Crippen molar-refractivity contribution in [2.24, 2.45) is 0 Å². The third kappa shape index (κ3) is 10.7. The van der Waals surface area contributed by atoms with E-state index in [0.29, 0.717) is 6.47 Å². The van der Waals surface area contributed by atoms with E-state index in [1.807, 2.05) is 0 Å². The molecule has 0 amide bonds.